The van der Waals surface area contributed by atoms with Crippen molar-refractivity contribution in [1.82, 2.24) is 9.97 Å². The average molecular weight is 391 g/mol. The first-order chi connectivity index (χ1) is 9.20. The Morgan fingerprint density at radius 3 is 2.58 bits per heavy atom. The van der Waals surface area contributed by atoms with E-state index < -0.39 is 0 Å². The van der Waals surface area contributed by atoms with Crippen LogP contribution < -0.4 is 4.74 Å². The minimum absolute atomic E-state index is 0.275. The number of ether oxygens (including phenoxy) is 2. The Morgan fingerprint density at radius 1 is 1.16 bits per heavy atom. The Morgan fingerprint density at radius 2 is 1.89 bits per heavy atom. The Kier molecular flexibility index (Phi) is 5.35. The van der Waals surface area contributed by atoms with Crippen LogP contribution in [-0.4, -0.2) is 17.1 Å². The van der Waals surface area contributed by atoms with Gasteiger partial charge in [-0.05, 0) is 34.7 Å². The van der Waals surface area contributed by atoms with Gasteiger partial charge < -0.3 is 9.47 Å². The van der Waals surface area contributed by atoms with E-state index in [0.29, 0.717) is 17.6 Å². The smallest absolute Gasteiger partial charge is 0.168 e. The van der Waals surface area contributed by atoms with Crippen LogP contribution in [0.15, 0.2) is 30.3 Å². The Labute approximate surface area is 130 Å². The number of aromatic nitrogens is 2. The molecule has 1 aromatic heterocycles. The van der Waals surface area contributed by atoms with E-state index in [1.165, 1.54) is 0 Å². The lowest BCUT2D eigenvalue weighted by atomic mass is 10.3. The summed E-state index contributed by atoms with van der Waals surface area (Å²) < 4.78 is 11.5. The van der Waals surface area contributed by atoms with Crippen LogP contribution in [0.4, 0.5) is 0 Å². The molecule has 0 amide bonds. The maximum Gasteiger partial charge on any atom is 0.168 e. The quantitative estimate of drug-likeness (QED) is 0.579. The van der Waals surface area contributed by atoms with Crippen LogP contribution in [0.2, 0.25) is 5.15 Å². The summed E-state index contributed by atoms with van der Waals surface area (Å²) >= 11 is 8.17. The van der Waals surface area contributed by atoms with Crippen LogP contribution in [0.3, 0.4) is 0 Å². The molecule has 2 aromatic rings. The summed E-state index contributed by atoms with van der Waals surface area (Å²) in [6.45, 7) is 0.677. The zero-order valence-electron chi connectivity index (χ0n) is 10.3. The molecule has 2 rings (SSSR count). The molecule has 0 aliphatic rings. The van der Waals surface area contributed by atoms with Crippen LogP contribution in [-0.2, 0) is 18.0 Å². The summed E-state index contributed by atoms with van der Waals surface area (Å²) in [5.41, 5.74) is 0.773. The third-order valence-electron chi connectivity index (χ3n) is 2.32. The molecular formula is C13H12ClIN2O2. The highest BCUT2D eigenvalue weighted by Gasteiger charge is 2.11. The molecule has 19 heavy (non-hydrogen) atoms. The number of hydrogen-bond donors (Lipinski definition) is 0. The molecule has 1 heterocycles. The minimum Gasteiger partial charge on any atom is -0.486 e. The predicted molar refractivity (Wildman–Crippen MR) is 81.2 cm³/mol. The molecule has 100 valence electrons. The summed E-state index contributed by atoms with van der Waals surface area (Å²) in [5, 5.41) is 0.425. The predicted octanol–water partition coefficient (Wildman–Crippen LogP) is 3.46. The van der Waals surface area contributed by atoms with Crippen molar-refractivity contribution in [3.8, 4) is 5.75 Å². The molecule has 0 atom stereocenters. The van der Waals surface area contributed by atoms with E-state index in [1.807, 2.05) is 30.3 Å². The Hall–Kier alpha value is -0.920. The molecule has 0 spiro atoms. The fraction of sp³-hybridized carbons (Fsp3) is 0.231. The van der Waals surface area contributed by atoms with Crippen LogP contribution in [0.25, 0.3) is 0 Å². The van der Waals surface area contributed by atoms with Gasteiger partial charge in [0.1, 0.15) is 17.5 Å². The van der Waals surface area contributed by atoms with Gasteiger partial charge in [-0.2, -0.15) is 0 Å². The maximum absolute atomic E-state index is 6.07. The second-order valence-corrected chi connectivity index (χ2v) is 5.16. The highest BCUT2D eigenvalue weighted by Crippen LogP contribution is 2.20. The summed E-state index contributed by atoms with van der Waals surface area (Å²) in [7, 11) is 1.62. The van der Waals surface area contributed by atoms with Gasteiger partial charge >= 0.3 is 0 Å². The van der Waals surface area contributed by atoms with Crippen molar-refractivity contribution in [2.45, 2.75) is 13.2 Å². The van der Waals surface area contributed by atoms with Crippen molar-refractivity contribution in [3.05, 3.63) is 50.6 Å². The van der Waals surface area contributed by atoms with E-state index in [9.17, 15) is 0 Å². The van der Waals surface area contributed by atoms with Crippen molar-refractivity contribution >= 4 is 34.2 Å². The van der Waals surface area contributed by atoms with E-state index in [4.69, 9.17) is 21.1 Å². The number of nitrogens with zero attached hydrogens (tertiary/aromatic N) is 2. The normalized spacial score (nSPS) is 10.5. The standard InChI is InChI=1S/C13H12ClIN2O2/c1-18-7-10-12(15)13(14)17-11(16-10)8-19-9-5-3-2-4-6-9/h2-6H,7-8H2,1H3. The first-order valence-corrected chi connectivity index (χ1v) is 7.04. The molecule has 0 N–H and O–H groups in total. The van der Waals surface area contributed by atoms with Crippen LogP contribution >= 0.6 is 34.2 Å². The summed E-state index contributed by atoms with van der Waals surface area (Å²) in [4.78, 5) is 8.58. The molecule has 0 saturated carbocycles. The monoisotopic (exact) mass is 390 g/mol. The summed E-state index contributed by atoms with van der Waals surface area (Å²) in [6, 6.07) is 9.51. The fourth-order valence-corrected chi connectivity index (χ4v) is 2.08. The van der Waals surface area contributed by atoms with Crippen LogP contribution in [0.1, 0.15) is 11.5 Å². The third-order valence-corrected chi connectivity index (χ3v) is 4.04. The number of benzene rings is 1. The van der Waals surface area contributed by atoms with Gasteiger partial charge in [0, 0.05) is 7.11 Å². The number of rotatable bonds is 5. The van der Waals surface area contributed by atoms with Crippen LogP contribution in [0, 0.1) is 3.57 Å². The fourth-order valence-electron chi connectivity index (χ4n) is 1.47. The molecule has 0 aliphatic heterocycles. The Balaban J connectivity index is 2.12. The van der Waals surface area contributed by atoms with Gasteiger partial charge in [-0.25, -0.2) is 9.97 Å². The van der Waals surface area contributed by atoms with E-state index in [0.717, 1.165) is 15.0 Å². The van der Waals surface area contributed by atoms with Crippen molar-refractivity contribution in [2.75, 3.05) is 7.11 Å². The van der Waals surface area contributed by atoms with E-state index in [1.54, 1.807) is 7.11 Å². The first-order valence-electron chi connectivity index (χ1n) is 5.58. The lowest BCUT2D eigenvalue weighted by Crippen LogP contribution is -2.07. The van der Waals surface area contributed by atoms with E-state index in [-0.39, 0.29) is 6.61 Å². The zero-order chi connectivity index (χ0) is 13.7. The van der Waals surface area contributed by atoms with Gasteiger partial charge in [0.2, 0.25) is 0 Å². The number of hydrogen-bond acceptors (Lipinski definition) is 4. The van der Waals surface area contributed by atoms with Crippen molar-refractivity contribution < 1.29 is 9.47 Å². The maximum atomic E-state index is 6.07. The van der Waals surface area contributed by atoms with Gasteiger partial charge in [-0.1, -0.05) is 29.8 Å². The van der Waals surface area contributed by atoms with Gasteiger partial charge in [-0.3, -0.25) is 0 Å². The van der Waals surface area contributed by atoms with Gasteiger partial charge in [0.15, 0.2) is 5.82 Å². The molecule has 0 fully saturated rings. The third kappa shape index (κ3) is 4.02. The van der Waals surface area contributed by atoms with Crippen molar-refractivity contribution in [1.29, 1.82) is 0 Å². The largest absolute Gasteiger partial charge is 0.486 e. The SMILES string of the molecule is COCc1nc(COc2ccccc2)nc(Cl)c1I. The molecule has 0 unspecified atom stereocenters. The highest BCUT2D eigenvalue weighted by molar-refractivity contribution is 14.1. The minimum atomic E-state index is 0.275. The van der Waals surface area contributed by atoms with Crippen molar-refractivity contribution in [2.24, 2.45) is 0 Å². The first kappa shape index (κ1) is 14.5. The summed E-state index contributed by atoms with van der Waals surface area (Å²) in [6.07, 6.45) is 0. The topological polar surface area (TPSA) is 44.2 Å². The van der Waals surface area contributed by atoms with Gasteiger partial charge in [0.25, 0.3) is 0 Å². The van der Waals surface area contributed by atoms with Crippen molar-refractivity contribution in [3.63, 3.8) is 0 Å². The molecule has 6 heteroatoms. The second kappa shape index (κ2) is 7.02. The van der Waals surface area contributed by atoms with Gasteiger partial charge in [-0.15, -0.1) is 0 Å². The summed E-state index contributed by atoms with van der Waals surface area (Å²) in [5.74, 6) is 1.32. The molecule has 0 bridgehead atoms. The number of methoxy groups -OCH3 is 1. The molecule has 0 aliphatic carbocycles. The molecular weight excluding hydrogens is 379 g/mol. The molecule has 1 aromatic carbocycles. The average Bonchev–Trinajstić information content (AvgIpc) is 2.43. The molecule has 0 saturated heterocycles. The van der Waals surface area contributed by atoms with Gasteiger partial charge in [0.05, 0.1) is 15.9 Å². The van der Waals surface area contributed by atoms with Crippen LogP contribution in [0.5, 0.6) is 5.75 Å². The second-order valence-electron chi connectivity index (χ2n) is 3.73. The zero-order valence-corrected chi connectivity index (χ0v) is 13.2. The molecule has 0 radical (unpaired) electrons. The van der Waals surface area contributed by atoms with E-state index in [2.05, 4.69) is 32.6 Å². The Bertz CT molecular complexity index is 552. The number of halogens is 2. The van der Waals surface area contributed by atoms with E-state index >= 15 is 0 Å². The lowest BCUT2D eigenvalue weighted by Gasteiger charge is -2.09. The highest BCUT2D eigenvalue weighted by atomic mass is 127. The lowest BCUT2D eigenvalue weighted by molar-refractivity contribution is 0.180. The number of para-hydroxylation sites is 1. The molecule has 4 nitrogen and oxygen atoms in total.